The molecule has 8 heteroatoms. The highest BCUT2D eigenvalue weighted by molar-refractivity contribution is 7.94. The molecule has 0 amide bonds. The van der Waals surface area contributed by atoms with Crippen molar-refractivity contribution in [3.63, 3.8) is 0 Å². The van der Waals surface area contributed by atoms with E-state index in [0.29, 0.717) is 5.56 Å². The van der Waals surface area contributed by atoms with Crippen molar-refractivity contribution in [3.8, 4) is 11.8 Å². The predicted molar refractivity (Wildman–Crippen MR) is 102 cm³/mol. The molecule has 0 atom stereocenters. The summed E-state index contributed by atoms with van der Waals surface area (Å²) in [6.45, 7) is 3.91. The van der Waals surface area contributed by atoms with E-state index < -0.39 is 41.2 Å². The van der Waals surface area contributed by atoms with Crippen molar-refractivity contribution in [2.45, 2.75) is 23.6 Å². The molecule has 0 spiro atoms. The summed E-state index contributed by atoms with van der Waals surface area (Å²) in [5.41, 5.74) is 0.907. The van der Waals surface area contributed by atoms with Crippen molar-refractivity contribution in [1.29, 1.82) is 0 Å². The highest BCUT2D eigenvalue weighted by Gasteiger charge is 2.26. The van der Waals surface area contributed by atoms with E-state index in [4.69, 9.17) is 5.14 Å². The van der Waals surface area contributed by atoms with Gasteiger partial charge >= 0.3 is 0 Å². The maximum absolute atomic E-state index is 12.6. The number of rotatable bonds is 5. The third-order valence-electron chi connectivity index (χ3n) is 3.52. The lowest BCUT2D eigenvalue weighted by molar-refractivity contribution is 0.102. The van der Waals surface area contributed by atoms with Crippen LogP contribution in [0.25, 0.3) is 0 Å². The molecule has 2 N–H and O–H groups in total. The lowest BCUT2D eigenvalue weighted by atomic mass is 10.1. The molecule has 0 heterocycles. The predicted octanol–water partition coefficient (Wildman–Crippen LogP) is 2.00. The lowest BCUT2D eigenvalue weighted by Gasteiger charge is -2.08. The minimum atomic E-state index is -4.24. The maximum Gasteiger partial charge on any atom is 0.239 e. The number of ketones is 1. The van der Waals surface area contributed by atoms with Gasteiger partial charge in [-0.05, 0) is 24.3 Å². The van der Waals surface area contributed by atoms with E-state index in [1.54, 1.807) is 12.1 Å². The Kier molecular flexibility index (Phi) is 6.21. The van der Waals surface area contributed by atoms with Crippen LogP contribution < -0.4 is 5.14 Å². The van der Waals surface area contributed by atoms with Gasteiger partial charge in [-0.25, -0.2) is 22.0 Å². The third-order valence-corrected chi connectivity index (χ3v) is 6.29. The van der Waals surface area contributed by atoms with Gasteiger partial charge in [0.1, 0.15) is 10.6 Å². The summed E-state index contributed by atoms with van der Waals surface area (Å²) in [7, 11) is -8.43. The van der Waals surface area contributed by atoms with Gasteiger partial charge in [-0.1, -0.05) is 50.0 Å². The van der Waals surface area contributed by atoms with Crippen LogP contribution in [0.15, 0.2) is 58.3 Å². The second kappa shape index (κ2) is 8.05. The van der Waals surface area contributed by atoms with Gasteiger partial charge in [0.15, 0.2) is 15.6 Å². The molecule has 0 bridgehead atoms. The van der Waals surface area contributed by atoms with Gasteiger partial charge in [0.25, 0.3) is 0 Å². The van der Waals surface area contributed by atoms with Crippen LogP contribution in [0.2, 0.25) is 0 Å². The minimum absolute atomic E-state index is 0.196. The maximum atomic E-state index is 12.6. The number of sulfone groups is 1. The van der Waals surface area contributed by atoms with Gasteiger partial charge in [0.05, 0.1) is 4.90 Å². The van der Waals surface area contributed by atoms with Crippen molar-refractivity contribution in [2.24, 2.45) is 11.1 Å². The highest BCUT2D eigenvalue weighted by Crippen LogP contribution is 2.21. The first-order valence-corrected chi connectivity index (χ1v) is 11.2. The van der Waals surface area contributed by atoms with Crippen molar-refractivity contribution in [2.75, 3.05) is 5.75 Å². The van der Waals surface area contributed by atoms with Gasteiger partial charge in [-0.2, -0.15) is 0 Å². The average Bonchev–Trinajstić information content (AvgIpc) is 2.59. The second-order valence-corrected chi connectivity index (χ2v) is 9.66. The number of hydrogen-bond donors (Lipinski definition) is 1. The van der Waals surface area contributed by atoms with Crippen LogP contribution in [0, 0.1) is 17.8 Å². The van der Waals surface area contributed by atoms with Gasteiger partial charge in [0.2, 0.25) is 10.0 Å². The number of carbonyl (C=O) groups is 1. The topological polar surface area (TPSA) is 111 Å². The molecule has 0 fully saturated rings. The first-order valence-electron chi connectivity index (χ1n) is 8.00. The smallest absolute Gasteiger partial charge is 0.239 e. The van der Waals surface area contributed by atoms with Crippen LogP contribution in [-0.2, 0) is 19.9 Å². The summed E-state index contributed by atoms with van der Waals surface area (Å²) in [6, 6.07) is 11.2. The highest BCUT2D eigenvalue weighted by atomic mass is 32.2. The van der Waals surface area contributed by atoms with Crippen LogP contribution in [0.5, 0.6) is 0 Å². The molecule has 0 unspecified atom stereocenters. The molecule has 0 aliphatic rings. The fourth-order valence-corrected chi connectivity index (χ4v) is 4.92. The molecule has 27 heavy (non-hydrogen) atoms. The average molecular weight is 405 g/mol. The number of sulfonamides is 1. The summed E-state index contributed by atoms with van der Waals surface area (Å²) in [5, 5.41) is 5.07. The fourth-order valence-electron chi connectivity index (χ4n) is 2.24. The molecular formula is C19H19NO5S2. The molecular weight excluding hydrogens is 386 g/mol. The number of nitrogens with two attached hydrogens (primary N) is 1. The summed E-state index contributed by atoms with van der Waals surface area (Å²) >= 11 is 0. The molecule has 0 radical (unpaired) electrons. The Hall–Kier alpha value is -2.47. The van der Waals surface area contributed by atoms with E-state index in [1.807, 2.05) is 13.8 Å². The third kappa shape index (κ3) is 5.50. The molecule has 0 saturated heterocycles. The zero-order chi connectivity index (χ0) is 20.2. The van der Waals surface area contributed by atoms with Crippen LogP contribution in [0.4, 0.5) is 0 Å². The monoisotopic (exact) mass is 405 g/mol. The van der Waals surface area contributed by atoms with Crippen LogP contribution >= 0.6 is 0 Å². The number of carbonyl (C=O) groups excluding carboxylic acids is 1. The standard InChI is InChI=1S/C19H19NO5S2/c1-14(2)7-8-15-9-11-16(12-10-15)17(21)13-26(22,23)18-5-3-4-6-19(18)27(20,24)25/h3-6,9-12,14H,13H2,1-2H3,(H2,20,24,25). The molecule has 0 aliphatic carbocycles. The van der Waals surface area contributed by atoms with Crippen LogP contribution in [0.1, 0.15) is 29.8 Å². The molecule has 2 rings (SSSR count). The number of primary sulfonamides is 1. The number of Topliss-reactive ketones (excluding diaryl/α,β-unsaturated/α-hetero) is 1. The first-order chi connectivity index (χ1) is 12.5. The zero-order valence-electron chi connectivity index (χ0n) is 14.8. The number of benzene rings is 2. The summed E-state index contributed by atoms with van der Waals surface area (Å²) in [6.07, 6.45) is 0. The summed E-state index contributed by atoms with van der Waals surface area (Å²) in [4.78, 5) is 11.4. The second-order valence-electron chi connectivity index (χ2n) is 6.18. The van der Waals surface area contributed by atoms with Crippen molar-refractivity contribution < 1.29 is 21.6 Å². The molecule has 6 nitrogen and oxygen atoms in total. The Labute approximate surface area is 159 Å². The summed E-state index contributed by atoms with van der Waals surface area (Å²) < 4.78 is 48.4. The van der Waals surface area contributed by atoms with Crippen molar-refractivity contribution in [1.82, 2.24) is 0 Å². The Morgan fingerprint density at radius 2 is 1.52 bits per heavy atom. The van der Waals surface area contributed by atoms with E-state index in [0.717, 1.165) is 12.1 Å². The number of hydrogen-bond acceptors (Lipinski definition) is 5. The molecule has 0 aromatic heterocycles. The Balaban J connectivity index is 2.29. The van der Waals surface area contributed by atoms with Gasteiger partial charge in [-0.15, -0.1) is 0 Å². The van der Waals surface area contributed by atoms with Gasteiger partial charge in [0, 0.05) is 17.0 Å². The zero-order valence-corrected chi connectivity index (χ0v) is 16.5. The SMILES string of the molecule is CC(C)C#Cc1ccc(C(=O)CS(=O)(=O)c2ccccc2S(N)(=O)=O)cc1. The quantitative estimate of drug-likeness (QED) is 0.604. The molecule has 2 aromatic carbocycles. The molecule has 0 aliphatic heterocycles. The molecule has 2 aromatic rings. The lowest BCUT2D eigenvalue weighted by Crippen LogP contribution is -2.21. The van der Waals surface area contributed by atoms with E-state index in [2.05, 4.69) is 11.8 Å². The van der Waals surface area contributed by atoms with Crippen LogP contribution in [0.3, 0.4) is 0 Å². The van der Waals surface area contributed by atoms with E-state index in [1.165, 1.54) is 24.3 Å². The van der Waals surface area contributed by atoms with Gasteiger partial charge < -0.3 is 0 Å². The first kappa shape index (κ1) is 20.8. The van der Waals surface area contributed by atoms with Gasteiger partial charge in [-0.3, -0.25) is 4.79 Å². The fraction of sp³-hybridized carbons (Fsp3) is 0.211. The van der Waals surface area contributed by atoms with Crippen molar-refractivity contribution >= 4 is 25.6 Å². The van der Waals surface area contributed by atoms with E-state index in [9.17, 15) is 21.6 Å². The Morgan fingerprint density at radius 3 is 2.04 bits per heavy atom. The molecule has 0 saturated carbocycles. The largest absolute Gasteiger partial charge is 0.293 e. The van der Waals surface area contributed by atoms with E-state index >= 15 is 0 Å². The van der Waals surface area contributed by atoms with Crippen molar-refractivity contribution in [3.05, 3.63) is 59.7 Å². The Morgan fingerprint density at radius 1 is 0.963 bits per heavy atom. The van der Waals surface area contributed by atoms with E-state index in [-0.39, 0.29) is 11.5 Å². The van der Waals surface area contributed by atoms with Crippen LogP contribution in [-0.4, -0.2) is 28.4 Å². The summed E-state index contributed by atoms with van der Waals surface area (Å²) in [5.74, 6) is 4.63. The normalized spacial score (nSPS) is 11.7. The Bertz CT molecular complexity index is 1120. The minimum Gasteiger partial charge on any atom is -0.293 e. The molecule has 142 valence electrons.